The molecule has 4 heterocycles. The Labute approximate surface area is 206 Å². The first kappa shape index (κ1) is 23.0. The van der Waals surface area contributed by atoms with Gasteiger partial charge in [0.25, 0.3) is 0 Å². The number of anilines is 1. The first-order chi connectivity index (χ1) is 17.1. The van der Waals surface area contributed by atoms with Crippen LogP contribution in [0.2, 0.25) is 0 Å². The van der Waals surface area contributed by atoms with Crippen molar-refractivity contribution in [3.8, 4) is 0 Å². The third-order valence-electron chi connectivity index (χ3n) is 8.51. The number of aryl methyl sites for hydroxylation is 1. The second kappa shape index (κ2) is 9.52. The summed E-state index contributed by atoms with van der Waals surface area (Å²) in [7, 11) is 0. The molecule has 1 N–H and O–H groups in total. The highest BCUT2D eigenvalue weighted by molar-refractivity contribution is 5.85. The number of fused-ring (bicyclic) bond motifs is 2. The van der Waals surface area contributed by atoms with Crippen LogP contribution in [0.5, 0.6) is 0 Å². The van der Waals surface area contributed by atoms with Crippen molar-refractivity contribution in [2.45, 2.75) is 108 Å². The van der Waals surface area contributed by atoms with Crippen LogP contribution in [0.3, 0.4) is 0 Å². The normalized spacial score (nSPS) is 26.9. The van der Waals surface area contributed by atoms with Crippen LogP contribution in [0.4, 0.5) is 5.95 Å². The van der Waals surface area contributed by atoms with Crippen molar-refractivity contribution in [1.29, 1.82) is 0 Å². The molecule has 2 atom stereocenters. The predicted octanol–water partition coefficient (Wildman–Crippen LogP) is 5.36. The topological polar surface area (TPSA) is 102 Å². The van der Waals surface area contributed by atoms with Crippen LogP contribution < -0.4 is 4.90 Å². The lowest BCUT2D eigenvalue weighted by Crippen LogP contribution is -2.45. The highest BCUT2D eigenvalue weighted by atomic mass is 16.5. The van der Waals surface area contributed by atoms with Gasteiger partial charge in [-0.15, -0.1) is 0 Å². The number of carboxylic acids is 1. The number of hydrogen-bond donors (Lipinski definition) is 1. The van der Waals surface area contributed by atoms with Crippen molar-refractivity contribution in [1.82, 2.24) is 15.1 Å². The molecule has 8 heteroatoms. The molecular weight excluding hydrogens is 444 g/mol. The maximum Gasteiger partial charge on any atom is 0.354 e. The molecule has 2 saturated carbocycles. The zero-order valence-corrected chi connectivity index (χ0v) is 20.6. The van der Waals surface area contributed by atoms with Crippen LogP contribution in [0.15, 0.2) is 10.6 Å². The van der Waals surface area contributed by atoms with Crippen LogP contribution in [-0.4, -0.2) is 44.9 Å². The van der Waals surface area contributed by atoms with Gasteiger partial charge in [0.05, 0.1) is 12.3 Å². The van der Waals surface area contributed by atoms with E-state index in [0.717, 1.165) is 38.1 Å². The quantitative estimate of drug-likeness (QED) is 0.539. The van der Waals surface area contributed by atoms with Crippen LogP contribution in [0.1, 0.15) is 116 Å². The zero-order valence-electron chi connectivity index (χ0n) is 20.6. The van der Waals surface area contributed by atoms with Crippen molar-refractivity contribution < 1.29 is 19.2 Å². The number of rotatable bonds is 8. The maximum atomic E-state index is 11.5. The molecule has 6 rings (SSSR count). The number of ether oxygens (including phenoxy) is 1. The first-order valence-corrected chi connectivity index (χ1v) is 13.5. The summed E-state index contributed by atoms with van der Waals surface area (Å²) < 4.78 is 12.2. The van der Waals surface area contributed by atoms with E-state index < -0.39 is 5.97 Å². The van der Waals surface area contributed by atoms with E-state index in [1.165, 1.54) is 62.3 Å². The van der Waals surface area contributed by atoms with Gasteiger partial charge >= 0.3 is 5.97 Å². The fourth-order valence-electron chi connectivity index (χ4n) is 6.70. The molecule has 2 aromatic rings. The van der Waals surface area contributed by atoms with Gasteiger partial charge < -0.3 is 19.3 Å². The number of carboxylic acid groups (broad SMARTS) is 1. The van der Waals surface area contributed by atoms with Gasteiger partial charge in [0.2, 0.25) is 5.95 Å². The average Bonchev–Trinajstić information content (AvgIpc) is 3.55. The third-order valence-corrected chi connectivity index (χ3v) is 8.51. The summed E-state index contributed by atoms with van der Waals surface area (Å²) >= 11 is 0. The number of piperidine rings is 1. The van der Waals surface area contributed by atoms with Crippen molar-refractivity contribution in [2.24, 2.45) is 5.92 Å². The zero-order chi connectivity index (χ0) is 23.9. The minimum Gasteiger partial charge on any atom is -0.477 e. The Bertz CT molecular complexity index is 1060. The molecule has 2 bridgehead atoms. The second-order valence-electron chi connectivity index (χ2n) is 11.2. The lowest BCUT2D eigenvalue weighted by molar-refractivity contribution is 0.0689. The van der Waals surface area contributed by atoms with Crippen LogP contribution in [-0.2, 0) is 11.3 Å². The van der Waals surface area contributed by atoms with E-state index in [0.29, 0.717) is 48.1 Å². The molecule has 8 nitrogen and oxygen atoms in total. The number of carbonyl (C=O) groups is 1. The number of aromatic carboxylic acids is 1. The summed E-state index contributed by atoms with van der Waals surface area (Å²) in [4.78, 5) is 22.7. The fraction of sp³-hybridized carbons (Fsp3) is 0.704. The van der Waals surface area contributed by atoms with Gasteiger partial charge in [-0.1, -0.05) is 24.4 Å². The molecule has 0 radical (unpaired) electrons. The molecule has 188 valence electrons. The van der Waals surface area contributed by atoms with Gasteiger partial charge in [-0.2, -0.15) is 0 Å². The average molecular weight is 481 g/mol. The molecule has 4 aliphatic rings. The Kier molecular flexibility index (Phi) is 6.25. The Hall–Kier alpha value is -2.48. The summed E-state index contributed by atoms with van der Waals surface area (Å²) in [5, 5.41) is 14.0. The van der Waals surface area contributed by atoms with E-state index in [-0.39, 0.29) is 5.69 Å². The van der Waals surface area contributed by atoms with E-state index in [1.54, 1.807) is 0 Å². The Morgan fingerprint density at radius 2 is 1.80 bits per heavy atom. The summed E-state index contributed by atoms with van der Waals surface area (Å²) in [6.45, 7) is 3.19. The standard InChI is InChI=1S/C27H36N4O4/c1-16-11-23(26(32)33)29-27(28-16)31-20-9-10-21(31)13-17(12-20)14-34-15-22-24(18-5-3-2-4-6-18)30-35-25(22)19-7-8-19/h11,17-21H,2-10,12-15H2,1H3,(H,32,33). The van der Waals surface area contributed by atoms with Gasteiger partial charge in [-0.3, -0.25) is 0 Å². The van der Waals surface area contributed by atoms with E-state index in [4.69, 9.17) is 9.26 Å². The molecule has 4 fully saturated rings. The molecule has 0 aromatic carbocycles. The minimum absolute atomic E-state index is 0.0753. The molecule has 35 heavy (non-hydrogen) atoms. The largest absolute Gasteiger partial charge is 0.477 e. The van der Waals surface area contributed by atoms with Gasteiger partial charge in [0.1, 0.15) is 5.76 Å². The Morgan fingerprint density at radius 1 is 1.06 bits per heavy atom. The highest BCUT2D eigenvalue weighted by Crippen LogP contribution is 2.45. The van der Waals surface area contributed by atoms with E-state index in [1.807, 2.05) is 6.92 Å². The molecule has 0 spiro atoms. The summed E-state index contributed by atoms with van der Waals surface area (Å²) in [6, 6.07) is 2.23. The van der Waals surface area contributed by atoms with Crippen molar-refractivity contribution in [2.75, 3.05) is 11.5 Å². The van der Waals surface area contributed by atoms with Crippen LogP contribution in [0.25, 0.3) is 0 Å². The summed E-state index contributed by atoms with van der Waals surface area (Å²) in [5.74, 6) is 2.23. The molecule has 2 aromatic heterocycles. The van der Waals surface area contributed by atoms with Crippen molar-refractivity contribution in [3.05, 3.63) is 34.5 Å². The molecule has 2 saturated heterocycles. The fourth-order valence-corrected chi connectivity index (χ4v) is 6.70. The number of aromatic nitrogens is 3. The van der Waals surface area contributed by atoms with Gasteiger partial charge in [0.15, 0.2) is 5.69 Å². The number of hydrogen-bond acceptors (Lipinski definition) is 7. The summed E-state index contributed by atoms with van der Waals surface area (Å²) in [6.07, 6.45) is 13.0. The lowest BCUT2D eigenvalue weighted by Gasteiger charge is -2.39. The maximum absolute atomic E-state index is 11.5. The van der Waals surface area contributed by atoms with Gasteiger partial charge in [-0.25, -0.2) is 14.8 Å². The van der Waals surface area contributed by atoms with Gasteiger partial charge in [0, 0.05) is 41.8 Å². The minimum atomic E-state index is -1.00. The SMILES string of the molecule is Cc1cc(C(=O)O)nc(N2C3CCC2CC(COCc2c(C4CCCCC4)noc2C2CC2)C3)n1. The summed E-state index contributed by atoms with van der Waals surface area (Å²) in [5.41, 5.74) is 3.19. The third kappa shape index (κ3) is 4.69. The molecule has 2 unspecified atom stereocenters. The van der Waals surface area contributed by atoms with Gasteiger partial charge in [-0.05, 0) is 70.3 Å². The number of nitrogens with zero attached hydrogens (tertiary/aromatic N) is 4. The first-order valence-electron chi connectivity index (χ1n) is 13.5. The lowest BCUT2D eigenvalue weighted by atomic mass is 9.85. The molecule has 2 aliphatic carbocycles. The van der Waals surface area contributed by atoms with E-state index in [2.05, 4.69) is 20.0 Å². The Balaban J connectivity index is 1.10. The van der Waals surface area contributed by atoms with Crippen molar-refractivity contribution in [3.63, 3.8) is 0 Å². The Morgan fingerprint density at radius 3 is 2.49 bits per heavy atom. The van der Waals surface area contributed by atoms with Crippen LogP contribution >= 0.6 is 0 Å². The molecule has 0 amide bonds. The van der Waals surface area contributed by atoms with Crippen molar-refractivity contribution >= 4 is 11.9 Å². The molecule has 2 aliphatic heterocycles. The predicted molar refractivity (Wildman–Crippen MR) is 130 cm³/mol. The van der Waals surface area contributed by atoms with E-state index >= 15 is 0 Å². The smallest absolute Gasteiger partial charge is 0.354 e. The second-order valence-corrected chi connectivity index (χ2v) is 11.2. The highest BCUT2D eigenvalue weighted by Gasteiger charge is 2.42. The van der Waals surface area contributed by atoms with Crippen LogP contribution in [0, 0.1) is 12.8 Å². The van der Waals surface area contributed by atoms with E-state index in [9.17, 15) is 9.90 Å². The monoisotopic (exact) mass is 480 g/mol. The molecular formula is C27H36N4O4.